The Morgan fingerprint density at radius 2 is 1.53 bits per heavy atom. The van der Waals surface area contributed by atoms with E-state index >= 15 is 0 Å². The number of rotatable bonds is 14. The highest BCUT2D eigenvalue weighted by atomic mass is 32.3. The summed E-state index contributed by atoms with van der Waals surface area (Å²) in [7, 11) is -4.79. The zero-order valence-corrected chi connectivity index (χ0v) is 19.1. The van der Waals surface area contributed by atoms with E-state index in [1.807, 2.05) is 31.3 Å². The highest BCUT2D eigenvalue weighted by molar-refractivity contribution is 7.81. The summed E-state index contributed by atoms with van der Waals surface area (Å²) in [5, 5.41) is 0. The van der Waals surface area contributed by atoms with Crippen molar-refractivity contribution in [2.75, 3.05) is 0 Å². The molecule has 30 heavy (non-hydrogen) atoms. The standard InChI is InChI=1S/C24H35NO4S/c1-3-4-5-6-7-8-9-10-11-13-18-25-19-14-12-15-24(25)23-20-22(17-16-21(23)2)29-30(26,27)28/h12,14-17,19-20H,3-11,13,18H2,1-2H3. The van der Waals surface area contributed by atoms with Crippen LogP contribution in [0.3, 0.4) is 0 Å². The van der Waals surface area contributed by atoms with Gasteiger partial charge in [-0.2, -0.15) is 4.57 Å². The Morgan fingerprint density at radius 3 is 2.17 bits per heavy atom. The summed E-state index contributed by atoms with van der Waals surface area (Å²) in [5.74, 6) is 0.0416. The van der Waals surface area contributed by atoms with E-state index in [0.717, 1.165) is 29.8 Å². The van der Waals surface area contributed by atoms with Crippen LogP contribution in [-0.4, -0.2) is 13.0 Å². The van der Waals surface area contributed by atoms with Crippen molar-refractivity contribution in [3.63, 3.8) is 0 Å². The largest absolute Gasteiger partial charge is 0.716 e. The quantitative estimate of drug-likeness (QED) is 0.166. The lowest BCUT2D eigenvalue weighted by Crippen LogP contribution is -2.35. The van der Waals surface area contributed by atoms with Crippen LogP contribution in [0.15, 0.2) is 42.6 Å². The Bertz CT molecular complexity index is 881. The molecule has 2 rings (SSSR count). The molecule has 0 aliphatic heterocycles. The molecule has 1 aromatic heterocycles. The van der Waals surface area contributed by atoms with Gasteiger partial charge in [0.05, 0.1) is 5.56 Å². The van der Waals surface area contributed by atoms with Gasteiger partial charge in [0.2, 0.25) is 5.69 Å². The van der Waals surface area contributed by atoms with Crippen LogP contribution in [0, 0.1) is 6.92 Å². The summed E-state index contributed by atoms with van der Waals surface area (Å²) in [6.45, 7) is 5.11. The van der Waals surface area contributed by atoms with Crippen LogP contribution in [0.25, 0.3) is 11.3 Å². The molecule has 0 aliphatic carbocycles. The van der Waals surface area contributed by atoms with Gasteiger partial charge >= 0.3 is 0 Å². The maximum absolute atomic E-state index is 10.9. The van der Waals surface area contributed by atoms with Crippen LogP contribution < -0.4 is 8.75 Å². The minimum Gasteiger partial charge on any atom is -0.716 e. The van der Waals surface area contributed by atoms with Crippen LogP contribution in [0.1, 0.15) is 76.7 Å². The average Bonchev–Trinajstić information content (AvgIpc) is 2.70. The molecule has 0 saturated carbocycles. The molecule has 0 atom stereocenters. The van der Waals surface area contributed by atoms with Crippen molar-refractivity contribution >= 4 is 10.4 Å². The predicted octanol–water partition coefficient (Wildman–Crippen LogP) is 5.71. The second-order valence-corrected chi connectivity index (χ2v) is 8.91. The molecule has 0 spiro atoms. The van der Waals surface area contributed by atoms with Crippen molar-refractivity contribution in [1.29, 1.82) is 0 Å². The van der Waals surface area contributed by atoms with E-state index in [0.29, 0.717) is 0 Å². The SMILES string of the molecule is CCCCCCCCCCCC[n+]1ccccc1-c1cc(OS(=O)(=O)[O-])ccc1C. The van der Waals surface area contributed by atoms with E-state index in [1.165, 1.54) is 63.9 Å². The summed E-state index contributed by atoms with van der Waals surface area (Å²) in [6.07, 6.45) is 15.0. The molecular weight excluding hydrogens is 398 g/mol. The lowest BCUT2D eigenvalue weighted by Gasteiger charge is -2.12. The van der Waals surface area contributed by atoms with Gasteiger partial charge in [-0.05, 0) is 37.1 Å². The lowest BCUT2D eigenvalue weighted by atomic mass is 10.0. The normalized spacial score (nSPS) is 11.6. The first kappa shape index (κ1) is 24.4. The molecule has 0 aliphatic rings. The summed E-state index contributed by atoms with van der Waals surface area (Å²) in [6, 6.07) is 10.9. The molecule has 166 valence electrons. The number of pyridine rings is 1. The van der Waals surface area contributed by atoms with E-state index in [2.05, 4.69) is 15.7 Å². The van der Waals surface area contributed by atoms with Crippen molar-refractivity contribution < 1.29 is 21.7 Å². The minimum atomic E-state index is -4.79. The fraction of sp³-hybridized carbons (Fsp3) is 0.542. The number of nitrogens with zero attached hydrogens (tertiary/aromatic N) is 1. The molecule has 0 unspecified atom stereocenters. The van der Waals surface area contributed by atoms with Crippen LogP contribution in [0.4, 0.5) is 0 Å². The molecule has 0 amide bonds. The highest BCUT2D eigenvalue weighted by Gasteiger charge is 2.16. The van der Waals surface area contributed by atoms with Gasteiger partial charge in [0.25, 0.3) is 10.4 Å². The van der Waals surface area contributed by atoms with Gasteiger partial charge in [-0.1, -0.05) is 64.4 Å². The number of aromatic nitrogens is 1. The molecule has 1 aromatic carbocycles. The van der Waals surface area contributed by atoms with E-state index in [9.17, 15) is 13.0 Å². The first-order valence-electron chi connectivity index (χ1n) is 11.2. The van der Waals surface area contributed by atoms with Crippen molar-refractivity contribution in [1.82, 2.24) is 0 Å². The third kappa shape index (κ3) is 8.84. The number of hydrogen-bond donors (Lipinski definition) is 0. The zero-order chi connectivity index (χ0) is 21.8. The van der Waals surface area contributed by atoms with Gasteiger partial charge in [0, 0.05) is 18.6 Å². The fourth-order valence-corrected chi connectivity index (χ4v) is 4.07. The summed E-state index contributed by atoms with van der Waals surface area (Å²) >= 11 is 0. The molecule has 0 bridgehead atoms. The number of benzene rings is 1. The molecule has 0 fully saturated rings. The smallest absolute Gasteiger partial charge is 0.262 e. The number of unbranched alkanes of at least 4 members (excludes halogenated alkanes) is 9. The average molecular weight is 434 g/mol. The highest BCUT2D eigenvalue weighted by Crippen LogP contribution is 2.26. The van der Waals surface area contributed by atoms with Crippen LogP contribution in [0.2, 0.25) is 0 Å². The lowest BCUT2D eigenvalue weighted by molar-refractivity contribution is -0.686. The Labute approximate surface area is 182 Å². The molecule has 0 radical (unpaired) electrons. The van der Waals surface area contributed by atoms with Gasteiger partial charge < -0.3 is 8.74 Å². The summed E-state index contributed by atoms with van der Waals surface area (Å²) in [4.78, 5) is 0. The first-order valence-corrected chi connectivity index (χ1v) is 12.5. The van der Waals surface area contributed by atoms with Crippen LogP contribution in [0.5, 0.6) is 5.75 Å². The number of aryl methyl sites for hydroxylation is 2. The number of hydrogen-bond acceptors (Lipinski definition) is 4. The molecule has 1 heterocycles. The third-order valence-electron chi connectivity index (χ3n) is 5.38. The molecule has 0 N–H and O–H groups in total. The van der Waals surface area contributed by atoms with Crippen molar-refractivity contribution in [2.24, 2.45) is 0 Å². The van der Waals surface area contributed by atoms with Crippen LogP contribution >= 0.6 is 0 Å². The van der Waals surface area contributed by atoms with Gasteiger partial charge in [-0.25, -0.2) is 8.42 Å². The van der Waals surface area contributed by atoms with E-state index in [1.54, 1.807) is 12.1 Å². The first-order chi connectivity index (χ1) is 14.4. The minimum absolute atomic E-state index is 0.0416. The van der Waals surface area contributed by atoms with Crippen molar-refractivity contribution in [2.45, 2.75) is 84.6 Å². The molecule has 6 heteroatoms. The van der Waals surface area contributed by atoms with Crippen molar-refractivity contribution in [3.8, 4) is 17.0 Å². The maximum atomic E-state index is 10.9. The van der Waals surface area contributed by atoms with Gasteiger partial charge in [0.1, 0.15) is 12.3 Å². The summed E-state index contributed by atoms with van der Waals surface area (Å²) < 4.78 is 39.5. The second kappa shape index (κ2) is 12.7. The van der Waals surface area contributed by atoms with Gasteiger partial charge in [0.15, 0.2) is 6.20 Å². The van der Waals surface area contributed by atoms with Gasteiger partial charge in [-0.15, -0.1) is 0 Å². The third-order valence-corrected chi connectivity index (χ3v) is 5.77. The van der Waals surface area contributed by atoms with E-state index in [-0.39, 0.29) is 5.75 Å². The Morgan fingerprint density at radius 1 is 0.900 bits per heavy atom. The van der Waals surface area contributed by atoms with E-state index < -0.39 is 10.4 Å². The van der Waals surface area contributed by atoms with E-state index in [4.69, 9.17) is 0 Å². The summed E-state index contributed by atoms with van der Waals surface area (Å²) in [5.41, 5.74) is 2.84. The molecule has 2 aromatic rings. The topological polar surface area (TPSA) is 70.3 Å². The fourth-order valence-electron chi connectivity index (χ4n) is 3.73. The molecule has 0 saturated heterocycles. The van der Waals surface area contributed by atoms with Crippen LogP contribution in [-0.2, 0) is 16.9 Å². The second-order valence-electron chi connectivity index (χ2n) is 7.93. The molecule has 5 nitrogen and oxygen atoms in total. The Kier molecular flexibility index (Phi) is 10.3. The predicted molar refractivity (Wildman–Crippen MR) is 119 cm³/mol. The zero-order valence-electron chi connectivity index (χ0n) is 18.3. The molecular formula is C24H35NO4S. The van der Waals surface area contributed by atoms with Gasteiger partial charge in [-0.3, -0.25) is 0 Å². The van der Waals surface area contributed by atoms with Crippen molar-refractivity contribution in [3.05, 3.63) is 48.2 Å². The Hall–Kier alpha value is -1.92. The monoisotopic (exact) mass is 433 g/mol. The Balaban J connectivity index is 1.90. The maximum Gasteiger partial charge on any atom is 0.262 e.